The molecule has 7 nitrogen and oxygen atoms in total. The molecular weight excluding hydrogens is 471 g/mol. The SMILES string of the molecule is Cc1cc(C)n(CC(C)CNC(=O)c2cccc(NS(=O)(=O)c3ccc(Cl)c(Cl)c3)c2)n1. The molecule has 1 atom stereocenters. The average Bonchev–Trinajstić information content (AvgIpc) is 3.04. The van der Waals surface area contributed by atoms with Crippen molar-refractivity contribution in [3.63, 3.8) is 0 Å². The summed E-state index contributed by atoms with van der Waals surface area (Å²) in [6, 6.07) is 12.3. The van der Waals surface area contributed by atoms with Crippen molar-refractivity contribution in [2.24, 2.45) is 5.92 Å². The second-order valence-electron chi connectivity index (χ2n) is 7.69. The quantitative estimate of drug-likeness (QED) is 0.475. The number of aryl methyl sites for hydroxylation is 2. The van der Waals surface area contributed by atoms with Crippen LogP contribution in [0.5, 0.6) is 0 Å². The van der Waals surface area contributed by atoms with Gasteiger partial charge in [-0.1, -0.05) is 36.2 Å². The fraction of sp³-hybridized carbons (Fsp3) is 0.273. The molecule has 0 spiro atoms. The number of aromatic nitrogens is 2. The summed E-state index contributed by atoms with van der Waals surface area (Å²) >= 11 is 11.8. The lowest BCUT2D eigenvalue weighted by Crippen LogP contribution is -2.30. The first kappa shape index (κ1) is 24.1. The molecule has 0 aliphatic rings. The number of carbonyl (C=O) groups excluding carboxylic acids is 1. The van der Waals surface area contributed by atoms with Gasteiger partial charge in [0.1, 0.15) is 0 Å². The predicted octanol–water partition coefficient (Wildman–Crippen LogP) is 4.67. The summed E-state index contributed by atoms with van der Waals surface area (Å²) in [5.41, 5.74) is 2.64. The van der Waals surface area contributed by atoms with E-state index in [-0.39, 0.29) is 32.5 Å². The van der Waals surface area contributed by atoms with Crippen molar-refractivity contribution < 1.29 is 13.2 Å². The molecule has 10 heteroatoms. The Morgan fingerprint density at radius 3 is 2.50 bits per heavy atom. The largest absolute Gasteiger partial charge is 0.352 e. The van der Waals surface area contributed by atoms with E-state index >= 15 is 0 Å². The van der Waals surface area contributed by atoms with Gasteiger partial charge in [-0.05, 0) is 62.2 Å². The van der Waals surface area contributed by atoms with Gasteiger partial charge in [0.2, 0.25) is 0 Å². The van der Waals surface area contributed by atoms with Gasteiger partial charge in [-0.15, -0.1) is 0 Å². The van der Waals surface area contributed by atoms with Crippen LogP contribution in [0.1, 0.15) is 28.7 Å². The molecule has 0 saturated heterocycles. The van der Waals surface area contributed by atoms with Crippen molar-refractivity contribution >= 4 is 44.8 Å². The van der Waals surface area contributed by atoms with Gasteiger partial charge in [0.05, 0.1) is 20.6 Å². The number of carbonyl (C=O) groups is 1. The van der Waals surface area contributed by atoms with Crippen LogP contribution in [0.25, 0.3) is 0 Å². The third-order valence-electron chi connectivity index (χ3n) is 4.78. The number of benzene rings is 2. The van der Waals surface area contributed by atoms with E-state index in [0.29, 0.717) is 18.7 Å². The summed E-state index contributed by atoms with van der Waals surface area (Å²) < 4.78 is 29.7. The van der Waals surface area contributed by atoms with Crippen LogP contribution in [-0.2, 0) is 16.6 Å². The van der Waals surface area contributed by atoms with Gasteiger partial charge >= 0.3 is 0 Å². The van der Waals surface area contributed by atoms with Gasteiger partial charge in [-0.2, -0.15) is 5.10 Å². The van der Waals surface area contributed by atoms with Crippen LogP contribution in [0.3, 0.4) is 0 Å². The first-order valence-corrected chi connectivity index (χ1v) is 12.2. The van der Waals surface area contributed by atoms with Crippen LogP contribution in [0.15, 0.2) is 53.4 Å². The number of rotatable bonds is 8. The molecule has 170 valence electrons. The van der Waals surface area contributed by atoms with Crippen molar-refractivity contribution in [3.05, 3.63) is 75.5 Å². The number of anilines is 1. The zero-order valence-corrected chi connectivity index (χ0v) is 20.2. The fourth-order valence-electron chi connectivity index (χ4n) is 3.17. The number of nitrogens with one attached hydrogen (secondary N) is 2. The van der Waals surface area contributed by atoms with Gasteiger partial charge < -0.3 is 5.32 Å². The summed E-state index contributed by atoms with van der Waals surface area (Å²) in [7, 11) is -3.89. The number of hydrogen-bond donors (Lipinski definition) is 2. The van der Waals surface area contributed by atoms with E-state index in [9.17, 15) is 13.2 Å². The standard InChI is InChI=1S/C22H24Cl2N4O3S/c1-14(13-28-16(3)9-15(2)26-28)12-25-22(29)17-5-4-6-18(10-17)27-32(30,31)19-7-8-20(23)21(24)11-19/h4-11,14,27H,12-13H2,1-3H3,(H,25,29). The Morgan fingerprint density at radius 2 is 1.84 bits per heavy atom. The van der Waals surface area contributed by atoms with Crippen LogP contribution < -0.4 is 10.0 Å². The Labute approximate surface area is 197 Å². The van der Waals surface area contributed by atoms with E-state index in [2.05, 4.69) is 15.1 Å². The molecule has 1 unspecified atom stereocenters. The summed E-state index contributed by atoms with van der Waals surface area (Å²) in [5, 5.41) is 7.73. The normalized spacial score (nSPS) is 12.4. The summed E-state index contributed by atoms with van der Waals surface area (Å²) in [6.45, 7) is 7.10. The monoisotopic (exact) mass is 494 g/mol. The number of nitrogens with zero attached hydrogens (tertiary/aromatic N) is 2. The molecule has 2 aromatic carbocycles. The van der Waals surface area contributed by atoms with Gasteiger partial charge in [0, 0.05) is 30.0 Å². The molecule has 1 aromatic heterocycles. The first-order chi connectivity index (χ1) is 15.0. The first-order valence-electron chi connectivity index (χ1n) is 9.92. The van der Waals surface area contributed by atoms with Crippen LogP contribution in [0.4, 0.5) is 5.69 Å². The van der Waals surface area contributed by atoms with E-state index < -0.39 is 10.0 Å². The molecule has 0 aliphatic carbocycles. The van der Waals surface area contributed by atoms with E-state index in [1.54, 1.807) is 18.2 Å². The minimum atomic E-state index is -3.89. The van der Waals surface area contributed by atoms with Crippen molar-refractivity contribution in [1.82, 2.24) is 15.1 Å². The molecule has 3 rings (SSSR count). The maximum absolute atomic E-state index is 12.6. The smallest absolute Gasteiger partial charge is 0.261 e. The Bertz CT molecular complexity index is 1240. The highest BCUT2D eigenvalue weighted by atomic mass is 35.5. The Morgan fingerprint density at radius 1 is 1.09 bits per heavy atom. The molecule has 2 N–H and O–H groups in total. The topological polar surface area (TPSA) is 93.1 Å². The van der Waals surface area contributed by atoms with Gasteiger partial charge in [0.15, 0.2) is 0 Å². The lowest BCUT2D eigenvalue weighted by Gasteiger charge is -2.14. The molecule has 0 radical (unpaired) electrons. The number of amides is 1. The second-order valence-corrected chi connectivity index (χ2v) is 10.2. The van der Waals surface area contributed by atoms with Gasteiger partial charge in [-0.25, -0.2) is 8.42 Å². The Hall–Kier alpha value is -2.55. The molecule has 0 saturated carbocycles. The highest BCUT2D eigenvalue weighted by Crippen LogP contribution is 2.26. The third-order valence-corrected chi connectivity index (χ3v) is 6.90. The van der Waals surface area contributed by atoms with Crippen molar-refractivity contribution in [2.75, 3.05) is 11.3 Å². The number of sulfonamides is 1. The summed E-state index contributed by atoms with van der Waals surface area (Å²) in [4.78, 5) is 12.6. The summed E-state index contributed by atoms with van der Waals surface area (Å²) in [6.07, 6.45) is 0. The molecule has 1 heterocycles. The van der Waals surface area contributed by atoms with Gasteiger partial charge in [-0.3, -0.25) is 14.2 Å². The summed E-state index contributed by atoms with van der Waals surface area (Å²) in [5.74, 6) is -0.130. The van der Waals surface area contributed by atoms with Gasteiger partial charge in [0.25, 0.3) is 15.9 Å². The zero-order valence-electron chi connectivity index (χ0n) is 17.9. The predicted molar refractivity (Wildman–Crippen MR) is 127 cm³/mol. The maximum Gasteiger partial charge on any atom is 0.261 e. The average molecular weight is 495 g/mol. The molecule has 0 bridgehead atoms. The minimum Gasteiger partial charge on any atom is -0.352 e. The second kappa shape index (κ2) is 9.94. The van der Waals surface area contributed by atoms with E-state index in [1.807, 2.05) is 31.5 Å². The van der Waals surface area contributed by atoms with Crippen LogP contribution in [0.2, 0.25) is 10.0 Å². The van der Waals surface area contributed by atoms with Crippen LogP contribution in [0, 0.1) is 19.8 Å². The Balaban J connectivity index is 1.64. The van der Waals surface area contributed by atoms with Crippen molar-refractivity contribution in [1.29, 1.82) is 0 Å². The molecule has 0 fully saturated rings. The van der Waals surface area contributed by atoms with Crippen molar-refractivity contribution in [3.8, 4) is 0 Å². The maximum atomic E-state index is 12.6. The number of hydrogen-bond acceptors (Lipinski definition) is 4. The molecule has 0 aliphatic heterocycles. The lowest BCUT2D eigenvalue weighted by molar-refractivity contribution is 0.0946. The molecule has 32 heavy (non-hydrogen) atoms. The van der Waals surface area contributed by atoms with Crippen LogP contribution >= 0.6 is 23.2 Å². The molecule has 1 amide bonds. The highest BCUT2D eigenvalue weighted by Gasteiger charge is 2.17. The Kier molecular flexibility index (Phi) is 7.48. The van der Waals surface area contributed by atoms with E-state index in [4.69, 9.17) is 23.2 Å². The fourth-order valence-corrected chi connectivity index (χ4v) is 4.61. The molecular formula is C22H24Cl2N4O3S. The zero-order chi connectivity index (χ0) is 23.5. The van der Waals surface area contributed by atoms with E-state index in [1.165, 1.54) is 24.3 Å². The van der Waals surface area contributed by atoms with Crippen LogP contribution in [-0.4, -0.2) is 30.7 Å². The minimum absolute atomic E-state index is 0.0280. The van der Waals surface area contributed by atoms with E-state index in [0.717, 1.165) is 11.4 Å². The third kappa shape index (κ3) is 6.03. The molecule has 3 aromatic rings. The lowest BCUT2D eigenvalue weighted by atomic mass is 10.1. The van der Waals surface area contributed by atoms with Crippen molar-refractivity contribution in [2.45, 2.75) is 32.2 Å². The highest BCUT2D eigenvalue weighted by molar-refractivity contribution is 7.92. The number of halogens is 2.